The molecule has 0 fully saturated rings. The van der Waals surface area contributed by atoms with Crippen LogP contribution in [0.4, 0.5) is 15.8 Å². The number of benzene rings is 2. The molecule has 0 aliphatic carbocycles. The molecule has 0 spiro atoms. The Kier molecular flexibility index (Phi) is 6.84. The summed E-state index contributed by atoms with van der Waals surface area (Å²) in [6.45, 7) is 3.61. The van der Waals surface area contributed by atoms with E-state index >= 15 is 0 Å². The molecule has 0 aliphatic heterocycles. The van der Waals surface area contributed by atoms with Crippen molar-refractivity contribution in [2.75, 3.05) is 17.2 Å². The Hall–Kier alpha value is -3.79. The highest BCUT2D eigenvalue weighted by Gasteiger charge is 2.28. The lowest BCUT2D eigenvalue weighted by molar-refractivity contribution is -0.119. The molecule has 0 atom stereocenters. The second kappa shape index (κ2) is 9.56. The molecule has 166 valence electrons. The highest BCUT2D eigenvalue weighted by Crippen LogP contribution is 2.28. The molecule has 0 aliphatic rings. The number of carbonyl (C=O) groups is 3. The summed E-state index contributed by atoms with van der Waals surface area (Å²) in [7, 11) is 0. The average molecular weight is 456 g/mol. The number of nitrogens with zero attached hydrogens (tertiary/aromatic N) is 2. The van der Waals surface area contributed by atoms with Crippen molar-refractivity contribution in [2.24, 2.45) is 5.73 Å². The zero-order valence-electron chi connectivity index (χ0n) is 17.5. The minimum absolute atomic E-state index is 0.0186. The molecule has 3 aromatic rings. The number of aryl methyl sites for hydroxylation is 2. The van der Waals surface area contributed by atoms with E-state index in [1.54, 1.807) is 18.2 Å². The van der Waals surface area contributed by atoms with Gasteiger partial charge in [0.1, 0.15) is 17.2 Å². The molecule has 1 heterocycles. The normalized spacial score (nSPS) is 10.6. The first-order valence-electron chi connectivity index (χ1n) is 9.62. The van der Waals surface area contributed by atoms with Crippen molar-refractivity contribution >= 4 is 40.6 Å². The summed E-state index contributed by atoms with van der Waals surface area (Å²) in [5.41, 5.74) is 13.9. The molecule has 0 unspecified atom stereocenters. The number of amides is 3. The van der Waals surface area contributed by atoms with Gasteiger partial charge in [0.15, 0.2) is 5.69 Å². The van der Waals surface area contributed by atoms with Gasteiger partial charge in [0.2, 0.25) is 5.91 Å². The predicted molar refractivity (Wildman–Crippen MR) is 121 cm³/mol. The third-order valence-electron chi connectivity index (χ3n) is 4.75. The minimum Gasteiger partial charge on any atom is -0.395 e. The Morgan fingerprint density at radius 3 is 2.41 bits per heavy atom. The van der Waals surface area contributed by atoms with E-state index in [0.717, 1.165) is 22.7 Å². The van der Waals surface area contributed by atoms with Crippen molar-refractivity contribution in [3.8, 4) is 0 Å². The fraction of sp³-hybridized carbons (Fsp3) is 0.182. The largest absolute Gasteiger partial charge is 0.395 e. The lowest BCUT2D eigenvalue weighted by Gasteiger charge is -2.24. The standard InChI is InChI=1S/C22H22FN5O3S/c1-12-3-8-16(13(2)9-12)28(22(31)20-18(24)19(21(25)30)27-32-20)11-17(29)26-10-14-4-6-15(23)7-5-14/h3-9H,10-11,24H2,1-2H3,(H2,25,30)(H,26,29). The van der Waals surface area contributed by atoms with Gasteiger partial charge in [0, 0.05) is 12.2 Å². The second-order valence-corrected chi connectivity index (χ2v) is 8.00. The number of nitrogen functional groups attached to an aromatic ring is 1. The fourth-order valence-electron chi connectivity index (χ4n) is 3.13. The molecule has 0 saturated carbocycles. The first-order valence-corrected chi connectivity index (χ1v) is 10.4. The zero-order chi connectivity index (χ0) is 23.4. The molecule has 5 N–H and O–H groups in total. The summed E-state index contributed by atoms with van der Waals surface area (Å²) in [6, 6.07) is 11.2. The Bertz CT molecular complexity index is 1180. The van der Waals surface area contributed by atoms with E-state index in [4.69, 9.17) is 11.5 Å². The summed E-state index contributed by atoms with van der Waals surface area (Å²) in [5.74, 6) is -2.21. The van der Waals surface area contributed by atoms with Crippen molar-refractivity contribution < 1.29 is 18.8 Å². The number of aromatic nitrogens is 1. The van der Waals surface area contributed by atoms with Gasteiger partial charge in [-0.05, 0) is 54.7 Å². The average Bonchev–Trinajstić information content (AvgIpc) is 3.13. The minimum atomic E-state index is -0.840. The molecule has 0 saturated heterocycles. The Morgan fingerprint density at radius 1 is 1.12 bits per heavy atom. The van der Waals surface area contributed by atoms with Gasteiger partial charge in [0.25, 0.3) is 11.8 Å². The molecule has 1 aromatic heterocycles. The van der Waals surface area contributed by atoms with E-state index in [0.29, 0.717) is 11.3 Å². The number of nitrogens with two attached hydrogens (primary N) is 2. The van der Waals surface area contributed by atoms with Crippen LogP contribution in [-0.4, -0.2) is 28.6 Å². The van der Waals surface area contributed by atoms with Crippen molar-refractivity contribution in [3.05, 3.63) is 75.5 Å². The molecule has 3 rings (SSSR count). The second-order valence-electron chi connectivity index (χ2n) is 7.22. The van der Waals surface area contributed by atoms with E-state index in [1.165, 1.54) is 17.0 Å². The van der Waals surface area contributed by atoms with Gasteiger partial charge >= 0.3 is 0 Å². The van der Waals surface area contributed by atoms with Crippen LogP contribution in [0.2, 0.25) is 0 Å². The maximum absolute atomic E-state index is 13.3. The highest BCUT2D eigenvalue weighted by atomic mass is 32.1. The van der Waals surface area contributed by atoms with Crippen molar-refractivity contribution in [3.63, 3.8) is 0 Å². The van der Waals surface area contributed by atoms with E-state index < -0.39 is 17.7 Å². The molecule has 0 bridgehead atoms. The molecular weight excluding hydrogens is 433 g/mol. The third-order valence-corrected chi connectivity index (χ3v) is 5.60. The molecule has 32 heavy (non-hydrogen) atoms. The van der Waals surface area contributed by atoms with E-state index in [2.05, 4.69) is 9.69 Å². The van der Waals surface area contributed by atoms with Gasteiger partial charge in [-0.1, -0.05) is 29.8 Å². The van der Waals surface area contributed by atoms with Crippen molar-refractivity contribution in [2.45, 2.75) is 20.4 Å². The van der Waals surface area contributed by atoms with Gasteiger partial charge in [-0.15, -0.1) is 0 Å². The summed E-state index contributed by atoms with van der Waals surface area (Å²) in [4.78, 5) is 38.8. The fourth-order valence-corrected chi connectivity index (χ4v) is 3.88. The lowest BCUT2D eigenvalue weighted by atomic mass is 10.1. The lowest BCUT2D eigenvalue weighted by Crippen LogP contribution is -2.41. The molecule has 10 heteroatoms. The number of hydrogen-bond acceptors (Lipinski definition) is 6. The monoisotopic (exact) mass is 455 g/mol. The predicted octanol–water partition coefficient (Wildman–Crippen LogP) is 2.54. The van der Waals surface area contributed by atoms with Gasteiger partial charge < -0.3 is 16.8 Å². The molecule has 8 nitrogen and oxygen atoms in total. The number of anilines is 2. The maximum atomic E-state index is 13.3. The van der Waals surface area contributed by atoms with Crippen LogP contribution in [0, 0.1) is 19.7 Å². The SMILES string of the molecule is Cc1ccc(N(CC(=O)NCc2ccc(F)cc2)C(=O)c2snc(C(N)=O)c2N)c(C)c1. The number of carbonyl (C=O) groups excluding carboxylic acids is 3. The van der Waals surface area contributed by atoms with Gasteiger partial charge in [-0.3, -0.25) is 19.3 Å². The quantitative estimate of drug-likeness (QED) is 0.504. The van der Waals surface area contributed by atoms with Crippen LogP contribution < -0.4 is 21.7 Å². The van der Waals surface area contributed by atoms with Crippen LogP contribution in [0.5, 0.6) is 0 Å². The summed E-state index contributed by atoms with van der Waals surface area (Å²) in [5, 5.41) is 2.72. The zero-order valence-corrected chi connectivity index (χ0v) is 18.3. The molecule has 2 aromatic carbocycles. The smallest absolute Gasteiger partial charge is 0.272 e. The molecule has 0 radical (unpaired) electrons. The molecular formula is C22H22FN5O3S. The summed E-state index contributed by atoms with van der Waals surface area (Å²) < 4.78 is 16.9. The van der Waals surface area contributed by atoms with Crippen LogP contribution in [0.3, 0.4) is 0 Å². The van der Waals surface area contributed by atoms with Crippen LogP contribution >= 0.6 is 11.5 Å². The number of halogens is 1. The first-order chi connectivity index (χ1) is 15.2. The van der Waals surface area contributed by atoms with Crippen LogP contribution in [-0.2, 0) is 11.3 Å². The number of primary amides is 1. The van der Waals surface area contributed by atoms with Gasteiger partial charge in [0.05, 0.1) is 5.69 Å². The topological polar surface area (TPSA) is 131 Å². The Labute approximate surface area is 188 Å². The van der Waals surface area contributed by atoms with Crippen LogP contribution in [0.25, 0.3) is 0 Å². The van der Waals surface area contributed by atoms with Gasteiger partial charge in [-0.2, -0.15) is 4.37 Å². The van der Waals surface area contributed by atoms with Gasteiger partial charge in [-0.25, -0.2) is 4.39 Å². The van der Waals surface area contributed by atoms with Crippen molar-refractivity contribution in [1.82, 2.24) is 9.69 Å². The number of rotatable bonds is 7. The summed E-state index contributed by atoms with van der Waals surface area (Å²) >= 11 is 0.749. The summed E-state index contributed by atoms with van der Waals surface area (Å²) in [6.07, 6.45) is 0. The first kappa shape index (κ1) is 22.9. The number of hydrogen-bond donors (Lipinski definition) is 3. The van der Waals surface area contributed by atoms with Crippen molar-refractivity contribution in [1.29, 1.82) is 0 Å². The molecule has 3 amide bonds. The van der Waals surface area contributed by atoms with Crippen LogP contribution in [0.15, 0.2) is 42.5 Å². The van der Waals surface area contributed by atoms with E-state index in [9.17, 15) is 18.8 Å². The van der Waals surface area contributed by atoms with Crippen LogP contribution in [0.1, 0.15) is 36.9 Å². The third kappa shape index (κ3) is 5.09. The maximum Gasteiger partial charge on any atom is 0.272 e. The van der Waals surface area contributed by atoms with E-state index in [1.807, 2.05) is 26.0 Å². The van der Waals surface area contributed by atoms with E-state index in [-0.39, 0.29) is 35.2 Å². The number of nitrogens with one attached hydrogen (secondary N) is 1. The Balaban J connectivity index is 1.87. The Morgan fingerprint density at radius 2 is 1.81 bits per heavy atom. The highest BCUT2D eigenvalue weighted by molar-refractivity contribution is 7.09.